The summed E-state index contributed by atoms with van der Waals surface area (Å²) in [6.07, 6.45) is 2.67. The van der Waals surface area contributed by atoms with Crippen molar-refractivity contribution in [1.29, 1.82) is 0 Å². The molecule has 2 heterocycles. The van der Waals surface area contributed by atoms with Gasteiger partial charge in [0.1, 0.15) is 0 Å². The minimum absolute atomic E-state index is 0.0367. The number of hydrogen-bond donors (Lipinski definition) is 1. The molecule has 0 bridgehead atoms. The topological polar surface area (TPSA) is 51.8 Å². The fraction of sp³-hybridized carbons (Fsp3) is 0.273. The summed E-state index contributed by atoms with van der Waals surface area (Å²) in [6.45, 7) is 1.98. The Kier molecular flexibility index (Phi) is 3.08. The van der Waals surface area contributed by atoms with Crippen molar-refractivity contribution in [2.24, 2.45) is 5.73 Å². The molecule has 2 rings (SSSR count). The van der Waals surface area contributed by atoms with Crippen molar-refractivity contribution in [3.8, 4) is 0 Å². The van der Waals surface area contributed by atoms with Gasteiger partial charge in [0, 0.05) is 23.2 Å². The SMILES string of the molecule is Cc1cccc(C(N)Cc2cncs2)n1. The van der Waals surface area contributed by atoms with Crippen LogP contribution in [-0.4, -0.2) is 9.97 Å². The van der Waals surface area contributed by atoms with Gasteiger partial charge in [0.15, 0.2) is 0 Å². The van der Waals surface area contributed by atoms with Crippen molar-refractivity contribution in [3.63, 3.8) is 0 Å². The highest BCUT2D eigenvalue weighted by atomic mass is 32.1. The molecule has 2 aromatic rings. The maximum atomic E-state index is 6.07. The van der Waals surface area contributed by atoms with Crippen molar-refractivity contribution in [2.45, 2.75) is 19.4 Å². The molecule has 3 nitrogen and oxygen atoms in total. The van der Waals surface area contributed by atoms with Crippen LogP contribution in [0.1, 0.15) is 22.3 Å². The summed E-state index contributed by atoms with van der Waals surface area (Å²) >= 11 is 1.63. The fourth-order valence-corrected chi connectivity index (χ4v) is 2.09. The van der Waals surface area contributed by atoms with E-state index in [9.17, 15) is 0 Å². The number of aromatic nitrogens is 2. The number of aryl methyl sites for hydroxylation is 1. The maximum Gasteiger partial charge on any atom is 0.0794 e. The van der Waals surface area contributed by atoms with Crippen molar-refractivity contribution in [2.75, 3.05) is 0 Å². The van der Waals surface area contributed by atoms with E-state index in [-0.39, 0.29) is 6.04 Å². The predicted molar refractivity (Wildman–Crippen MR) is 61.7 cm³/mol. The molecule has 0 fully saturated rings. The Morgan fingerprint density at radius 1 is 1.47 bits per heavy atom. The zero-order valence-electron chi connectivity index (χ0n) is 8.55. The zero-order valence-corrected chi connectivity index (χ0v) is 9.37. The molecule has 78 valence electrons. The van der Waals surface area contributed by atoms with E-state index in [0.29, 0.717) is 0 Å². The van der Waals surface area contributed by atoms with E-state index < -0.39 is 0 Å². The highest BCUT2D eigenvalue weighted by Crippen LogP contribution is 2.16. The number of rotatable bonds is 3. The summed E-state index contributed by atoms with van der Waals surface area (Å²) in [5.74, 6) is 0. The number of nitrogens with two attached hydrogens (primary N) is 1. The van der Waals surface area contributed by atoms with Gasteiger partial charge in [-0.3, -0.25) is 9.97 Å². The van der Waals surface area contributed by atoms with Crippen LogP contribution in [0.25, 0.3) is 0 Å². The van der Waals surface area contributed by atoms with Crippen LogP contribution in [0.15, 0.2) is 29.9 Å². The summed E-state index contributed by atoms with van der Waals surface area (Å²) in [5, 5.41) is 0. The van der Waals surface area contributed by atoms with Crippen LogP contribution in [0.5, 0.6) is 0 Å². The van der Waals surface area contributed by atoms with E-state index in [0.717, 1.165) is 17.8 Å². The monoisotopic (exact) mass is 219 g/mol. The molecule has 0 aliphatic rings. The lowest BCUT2D eigenvalue weighted by molar-refractivity contribution is 0.699. The van der Waals surface area contributed by atoms with E-state index in [2.05, 4.69) is 9.97 Å². The third-order valence-electron chi connectivity index (χ3n) is 2.19. The van der Waals surface area contributed by atoms with Crippen LogP contribution >= 0.6 is 11.3 Å². The van der Waals surface area contributed by atoms with Gasteiger partial charge in [-0.1, -0.05) is 6.07 Å². The Morgan fingerprint density at radius 2 is 2.33 bits per heavy atom. The first-order valence-corrected chi connectivity index (χ1v) is 5.70. The molecule has 2 N–H and O–H groups in total. The van der Waals surface area contributed by atoms with E-state index in [1.807, 2.05) is 36.8 Å². The quantitative estimate of drug-likeness (QED) is 0.860. The van der Waals surface area contributed by atoms with Gasteiger partial charge in [-0.15, -0.1) is 11.3 Å². The van der Waals surface area contributed by atoms with Crippen LogP contribution < -0.4 is 5.73 Å². The molecule has 0 aromatic carbocycles. The minimum Gasteiger partial charge on any atom is -0.322 e. The first kappa shape index (κ1) is 10.3. The van der Waals surface area contributed by atoms with E-state index in [4.69, 9.17) is 5.73 Å². The van der Waals surface area contributed by atoms with Gasteiger partial charge in [0.2, 0.25) is 0 Å². The van der Waals surface area contributed by atoms with E-state index in [1.54, 1.807) is 11.3 Å². The van der Waals surface area contributed by atoms with E-state index >= 15 is 0 Å². The molecular formula is C11H13N3S. The Morgan fingerprint density at radius 3 is 3.00 bits per heavy atom. The minimum atomic E-state index is -0.0367. The van der Waals surface area contributed by atoms with Gasteiger partial charge in [0.25, 0.3) is 0 Å². The lowest BCUT2D eigenvalue weighted by Crippen LogP contribution is -2.14. The smallest absolute Gasteiger partial charge is 0.0794 e. The molecule has 0 saturated heterocycles. The standard InChI is InChI=1S/C11H13N3S/c1-8-3-2-4-11(14-8)10(12)5-9-6-13-7-15-9/h2-4,6-7,10H,5,12H2,1H3. The summed E-state index contributed by atoms with van der Waals surface area (Å²) in [7, 11) is 0. The first-order chi connectivity index (χ1) is 7.25. The molecular weight excluding hydrogens is 206 g/mol. The predicted octanol–water partition coefficient (Wildman–Crippen LogP) is 2.09. The van der Waals surface area contributed by atoms with Gasteiger partial charge < -0.3 is 5.73 Å². The molecule has 1 atom stereocenters. The molecule has 2 aromatic heterocycles. The van der Waals surface area contributed by atoms with Crippen LogP contribution in [0.2, 0.25) is 0 Å². The van der Waals surface area contributed by atoms with E-state index in [1.165, 1.54) is 4.88 Å². The van der Waals surface area contributed by atoms with Crippen molar-refractivity contribution < 1.29 is 0 Å². The number of thiazole rings is 1. The normalized spacial score (nSPS) is 12.7. The Hall–Kier alpha value is -1.26. The largest absolute Gasteiger partial charge is 0.322 e. The average Bonchev–Trinajstić information content (AvgIpc) is 2.70. The van der Waals surface area contributed by atoms with Crippen molar-refractivity contribution in [1.82, 2.24) is 9.97 Å². The van der Waals surface area contributed by atoms with Crippen LogP contribution in [-0.2, 0) is 6.42 Å². The van der Waals surface area contributed by atoms with Crippen LogP contribution in [0, 0.1) is 6.92 Å². The number of pyridine rings is 1. The second-order valence-corrected chi connectivity index (χ2v) is 4.45. The first-order valence-electron chi connectivity index (χ1n) is 4.82. The number of nitrogens with zero attached hydrogens (tertiary/aromatic N) is 2. The highest BCUT2D eigenvalue weighted by Gasteiger charge is 2.09. The molecule has 0 aliphatic heterocycles. The summed E-state index contributed by atoms with van der Waals surface area (Å²) < 4.78 is 0. The lowest BCUT2D eigenvalue weighted by Gasteiger charge is -2.09. The fourth-order valence-electron chi connectivity index (χ4n) is 1.43. The van der Waals surface area contributed by atoms with Gasteiger partial charge in [-0.2, -0.15) is 0 Å². The van der Waals surface area contributed by atoms with Gasteiger partial charge in [0.05, 0.1) is 17.2 Å². The second-order valence-electron chi connectivity index (χ2n) is 3.48. The molecule has 15 heavy (non-hydrogen) atoms. The maximum absolute atomic E-state index is 6.07. The molecule has 0 aliphatic carbocycles. The number of hydrogen-bond acceptors (Lipinski definition) is 4. The highest BCUT2D eigenvalue weighted by molar-refractivity contribution is 7.09. The van der Waals surface area contributed by atoms with Crippen molar-refractivity contribution >= 4 is 11.3 Å². The third kappa shape index (κ3) is 2.61. The Balaban J connectivity index is 2.11. The molecule has 0 saturated carbocycles. The molecule has 0 amide bonds. The third-order valence-corrected chi connectivity index (χ3v) is 3.00. The summed E-state index contributed by atoms with van der Waals surface area (Å²) in [6, 6.07) is 5.90. The van der Waals surface area contributed by atoms with Gasteiger partial charge >= 0.3 is 0 Å². The average molecular weight is 219 g/mol. The van der Waals surface area contributed by atoms with Crippen LogP contribution in [0.4, 0.5) is 0 Å². The lowest BCUT2D eigenvalue weighted by atomic mass is 10.1. The Bertz CT molecular complexity index is 425. The molecule has 4 heteroatoms. The van der Waals surface area contributed by atoms with Gasteiger partial charge in [-0.25, -0.2) is 0 Å². The summed E-state index contributed by atoms with van der Waals surface area (Å²) in [5.41, 5.74) is 9.85. The molecule has 1 unspecified atom stereocenters. The Labute approximate surface area is 93.0 Å². The van der Waals surface area contributed by atoms with Crippen LogP contribution in [0.3, 0.4) is 0 Å². The van der Waals surface area contributed by atoms with Crippen molar-refractivity contribution in [3.05, 3.63) is 46.2 Å². The zero-order chi connectivity index (χ0) is 10.7. The summed E-state index contributed by atoms with van der Waals surface area (Å²) in [4.78, 5) is 9.64. The molecule has 0 radical (unpaired) electrons. The molecule has 0 spiro atoms. The second kappa shape index (κ2) is 4.51. The van der Waals surface area contributed by atoms with Gasteiger partial charge in [-0.05, 0) is 19.1 Å².